The van der Waals surface area contributed by atoms with E-state index in [0.29, 0.717) is 0 Å². The summed E-state index contributed by atoms with van der Waals surface area (Å²) in [6.45, 7) is 4.60. The van der Waals surface area contributed by atoms with Crippen molar-refractivity contribution in [3.05, 3.63) is 21.9 Å². The predicted octanol–water partition coefficient (Wildman–Crippen LogP) is 3.69. The Balaban J connectivity index is 2.12. The van der Waals surface area contributed by atoms with Crippen LogP contribution in [0.4, 0.5) is 0 Å². The maximum absolute atomic E-state index is 6.69. The molecule has 1 aromatic heterocycles. The molecule has 2 rings (SSSR count). The average molecular weight is 295 g/mol. The largest absolute Gasteiger partial charge is 0.326 e. The number of likely N-dealkylation sites (N-methyl/N-ethyl adjacent to an activating group) is 1. The van der Waals surface area contributed by atoms with E-state index in [4.69, 9.17) is 5.73 Å². The molecule has 0 amide bonds. The van der Waals surface area contributed by atoms with E-state index in [1.807, 2.05) is 11.3 Å². The van der Waals surface area contributed by atoms with Gasteiger partial charge in [-0.2, -0.15) is 0 Å². The van der Waals surface area contributed by atoms with E-state index >= 15 is 0 Å². The van der Waals surface area contributed by atoms with Gasteiger partial charge in [0.1, 0.15) is 0 Å². The quantitative estimate of drug-likeness (QED) is 0.897. The third kappa shape index (κ3) is 3.26. The number of thiophene rings is 1. The van der Waals surface area contributed by atoms with Crippen LogP contribution in [-0.4, -0.2) is 30.6 Å². The highest BCUT2D eigenvalue weighted by atomic mass is 32.1. The predicted molar refractivity (Wildman–Crippen MR) is 89.4 cm³/mol. The summed E-state index contributed by atoms with van der Waals surface area (Å²) in [4.78, 5) is 5.33. The molecule has 1 aliphatic carbocycles. The summed E-state index contributed by atoms with van der Waals surface area (Å²) in [5.74, 6) is 0.798. The maximum Gasteiger partial charge on any atom is 0.0360 e. The third-order valence-corrected chi connectivity index (χ3v) is 6.33. The summed E-state index contributed by atoms with van der Waals surface area (Å²) in [6.07, 6.45) is 7.33. The van der Waals surface area contributed by atoms with Crippen LogP contribution in [0.5, 0.6) is 0 Å². The fraction of sp³-hybridized carbons (Fsp3) is 0.765. The van der Waals surface area contributed by atoms with E-state index in [9.17, 15) is 0 Å². The van der Waals surface area contributed by atoms with Gasteiger partial charge in [-0.1, -0.05) is 26.7 Å². The fourth-order valence-electron chi connectivity index (χ4n) is 3.77. The van der Waals surface area contributed by atoms with Crippen LogP contribution in [0.3, 0.4) is 0 Å². The molecule has 1 saturated carbocycles. The lowest BCUT2D eigenvalue weighted by Gasteiger charge is -2.49. The molecule has 0 aliphatic heterocycles. The van der Waals surface area contributed by atoms with Gasteiger partial charge >= 0.3 is 0 Å². The van der Waals surface area contributed by atoms with Crippen LogP contribution in [0, 0.1) is 5.92 Å². The van der Waals surface area contributed by atoms with Gasteiger partial charge in [0, 0.05) is 21.3 Å². The first-order valence-corrected chi connectivity index (χ1v) is 8.80. The van der Waals surface area contributed by atoms with Crippen LogP contribution in [0.15, 0.2) is 12.1 Å². The van der Waals surface area contributed by atoms with Gasteiger partial charge < -0.3 is 10.6 Å². The Bertz CT molecular complexity index is 426. The molecule has 1 aliphatic rings. The van der Waals surface area contributed by atoms with Gasteiger partial charge in [-0.05, 0) is 57.8 Å². The fourth-order valence-corrected chi connectivity index (χ4v) is 4.78. The summed E-state index contributed by atoms with van der Waals surface area (Å²) >= 11 is 1.94. The first kappa shape index (κ1) is 16.0. The van der Waals surface area contributed by atoms with Gasteiger partial charge in [0.25, 0.3) is 0 Å². The molecule has 3 heteroatoms. The molecule has 0 radical (unpaired) electrons. The number of aryl methyl sites for hydroxylation is 1. The highest BCUT2D eigenvalue weighted by molar-refractivity contribution is 7.11. The highest BCUT2D eigenvalue weighted by Crippen LogP contribution is 2.38. The molecule has 114 valence electrons. The lowest BCUT2D eigenvalue weighted by Crippen LogP contribution is -2.60. The molecule has 2 nitrogen and oxygen atoms in total. The Labute approximate surface area is 128 Å². The second kappa shape index (κ2) is 6.59. The Morgan fingerprint density at radius 3 is 2.65 bits per heavy atom. The molecule has 1 fully saturated rings. The van der Waals surface area contributed by atoms with Crippen molar-refractivity contribution in [2.24, 2.45) is 11.7 Å². The Kier molecular flexibility index (Phi) is 5.27. The van der Waals surface area contributed by atoms with E-state index in [2.05, 4.69) is 45.0 Å². The minimum Gasteiger partial charge on any atom is -0.326 e. The highest BCUT2D eigenvalue weighted by Gasteiger charge is 2.41. The lowest BCUT2D eigenvalue weighted by molar-refractivity contribution is 0.0506. The van der Waals surface area contributed by atoms with Crippen molar-refractivity contribution in [2.45, 2.75) is 64.0 Å². The van der Waals surface area contributed by atoms with E-state index in [0.717, 1.165) is 18.8 Å². The molecule has 3 atom stereocenters. The molecule has 1 aromatic rings. The molecule has 1 heterocycles. The second-order valence-corrected chi connectivity index (χ2v) is 7.98. The molecular weight excluding hydrogens is 264 g/mol. The number of nitrogens with zero attached hydrogens (tertiary/aromatic N) is 1. The molecule has 0 saturated heterocycles. The minimum absolute atomic E-state index is 0.189. The number of hydrogen-bond acceptors (Lipinski definition) is 3. The SMILES string of the molecule is CCc1ccc(CC(N)C2(N(C)C)CCCC(C)C2)s1. The van der Waals surface area contributed by atoms with Crippen LogP contribution in [-0.2, 0) is 12.8 Å². The van der Waals surface area contributed by atoms with Crippen molar-refractivity contribution in [3.8, 4) is 0 Å². The van der Waals surface area contributed by atoms with E-state index in [-0.39, 0.29) is 11.6 Å². The van der Waals surface area contributed by atoms with Crippen molar-refractivity contribution >= 4 is 11.3 Å². The van der Waals surface area contributed by atoms with Crippen molar-refractivity contribution < 1.29 is 0 Å². The first-order valence-electron chi connectivity index (χ1n) is 7.98. The molecule has 2 N–H and O–H groups in total. The van der Waals surface area contributed by atoms with Crippen molar-refractivity contribution in [1.29, 1.82) is 0 Å². The average Bonchev–Trinajstić information content (AvgIpc) is 2.86. The van der Waals surface area contributed by atoms with E-state index in [1.54, 1.807) is 0 Å². The van der Waals surface area contributed by atoms with Crippen LogP contribution in [0.2, 0.25) is 0 Å². The number of rotatable bonds is 5. The zero-order valence-corrected chi connectivity index (χ0v) is 14.3. The zero-order chi connectivity index (χ0) is 14.8. The van der Waals surface area contributed by atoms with Crippen LogP contribution in [0.1, 0.15) is 49.3 Å². The molecule has 0 bridgehead atoms. The Morgan fingerprint density at radius 2 is 2.10 bits per heavy atom. The monoisotopic (exact) mass is 294 g/mol. The second-order valence-electron chi connectivity index (χ2n) is 6.73. The van der Waals surface area contributed by atoms with Gasteiger partial charge in [0.15, 0.2) is 0 Å². The smallest absolute Gasteiger partial charge is 0.0360 e. The molecule has 20 heavy (non-hydrogen) atoms. The molecular formula is C17H30N2S. The summed E-state index contributed by atoms with van der Waals surface area (Å²) in [5.41, 5.74) is 6.88. The number of hydrogen-bond donors (Lipinski definition) is 1. The molecule has 3 unspecified atom stereocenters. The zero-order valence-electron chi connectivity index (χ0n) is 13.5. The third-order valence-electron chi connectivity index (χ3n) is 5.08. The Hall–Kier alpha value is -0.380. The standard InChI is InChI=1S/C17H30N2S/c1-5-14-8-9-15(20-14)11-16(18)17(19(3)4)10-6-7-13(2)12-17/h8-9,13,16H,5-7,10-12,18H2,1-4H3. The maximum atomic E-state index is 6.69. The molecule has 0 spiro atoms. The minimum atomic E-state index is 0.189. The normalized spacial score (nSPS) is 28.8. The Morgan fingerprint density at radius 1 is 1.40 bits per heavy atom. The first-order chi connectivity index (χ1) is 9.48. The van der Waals surface area contributed by atoms with E-state index in [1.165, 1.54) is 35.4 Å². The van der Waals surface area contributed by atoms with Crippen molar-refractivity contribution in [2.75, 3.05) is 14.1 Å². The van der Waals surface area contributed by atoms with Crippen LogP contribution in [0.25, 0.3) is 0 Å². The molecule has 0 aromatic carbocycles. The summed E-state index contributed by atoms with van der Waals surface area (Å²) in [6, 6.07) is 4.78. The van der Waals surface area contributed by atoms with Gasteiger partial charge in [0.05, 0.1) is 0 Å². The van der Waals surface area contributed by atoms with Crippen molar-refractivity contribution in [1.82, 2.24) is 4.90 Å². The van der Waals surface area contributed by atoms with Gasteiger partial charge in [0.2, 0.25) is 0 Å². The number of nitrogens with two attached hydrogens (primary N) is 1. The van der Waals surface area contributed by atoms with Crippen LogP contribution >= 0.6 is 11.3 Å². The van der Waals surface area contributed by atoms with Crippen LogP contribution < -0.4 is 5.73 Å². The summed E-state index contributed by atoms with van der Waals surface area (Å²) < 4.78 is 0. The summed E-state index contributed by atoms with van der Waals surface area (Å²) in [5, 5.41) is 0. The lowest BCUT2D eigenvalue weighted by atomic mass is 9.70. The summed E-state index contributed by atoms with van der Waals surface area (Å²) in [7, 11) is 4.42. The van der Waals surface area contributed by atoms with E-state index < -0.39 is 0 Å². The van der Waals surface area contributed by atoms with Gasteiger partial charge in [-0.25, -0.2) is 0 Å². The van der Waals surface area contributed by atoms with Gasteiger partial charge in [-0.15, -0.1) is 11.3 Å². The van der Waals surface area contributed by atoms with Gasteiger partial charge in [-0.3, -0.25) is 0 Å². The topological polar surface area (TPSA) is 29.3 Å². The van der Waals surface area contributed by atoms with Crippen molar-refractivity contribution in [3.63, 3.8) is 0 Å².